The Kier molecular flexibility index (Phi) is 6.58. The number of carbonyl (C=O) groups excluding carboxylic acids is 1. The van der Waals surface area contributed by atoms with E-state index in [1.165, 1.54) is 6.07 Å². The number of alkyl halides is 3. The predicted octanol–water partition coefficient (Wildman–Crippen LogP) is 6.26. The lowest BCUT2D eigenvalue weighted by molar-refractivity contribution is -0.137. The van der Waals surface area contributed by atoms with Gasteiger partial charge in [-0.3, -0.25) is 4.79 Å². The van der Waals surface area contributed by atoms with Crippen molar-refractivity contribution in [1.29, 1.82) is 0 Å². The van der Waals surface area contributed by atoms with Gasteiger partial charge in [-0.25, -0.2) is 0 Å². The van der Waals surface area contributed by atoms with Crippen LogP contribution in [-0.2, 0) is 11.0 Å². The average molecular weight is 451 g/mol. The van der Waals surface area contributed by atoms with Crippen molar-refractivity contribution in [2.75, 3.05) is 11.9 Å². The number of benzene rings is 2. The molecule has 0 radical (unpaired) electrons. The third kappa shape index (κ3) is 5.38. The van der Waals surface area contributed by atoms with E-state index >= 15 is 0 Å². The Balaban J connectivity index is 2.02. The van der Waals surface area contributed by atoms with Crippen LogP contribution < -0.4 is 10.1 Å². The number of anilines is 1. The molecule has 2 rings (SSSR count). The highest BCUT2D eigenvalue weighted by Crippen LogP contribution is 2.36. The standard InChI is InChI=1S/C18H16BrClF3NO2/c1-10(2)11-3-6-16(14(19)7-11)26-9-17(25)24-12-4-5-15(20)13(8-12)18(21,22)23/h3-8,10H,9H2,1-2H3,(H,24,25). The minimum Gasteiger partial charge on any atom is -0.483 e. The van der Waals surface area contributed by atoms with Crippen molar-refractivity contribution in [1.82, 2.24) is 0 Å². The minimum absolute atomic E-state index is 0.00968. The average Bonchev–Trinajstić information content (AvgIpc) is 2.54. The number of hydrogen-bond donors (Lipinski definition) is 1. The Bertz CT molecular complexity index is 810. The number of halogens is 5. The molecule has 0 heterocycles. The summed E-state index contributed by atoms with van der Waals surface area (Å²) in [7, 11) is 0. The van der Waals surface area contributed by atoms with E-state index in [-0.39, 0.29) is 12.3 Å². The number of rotatable bonds is 5. The summed E-state index contributed by atoms with van der Waals surface area (Å²) in [6, 6.07) is 8.68. The molecule has 26 heavy (non-hydrogen) atoms. The van der Waals surface area contributed by atoms with Crippen LogP contribution in [0, 0.1) is 0 Å². The van der Waals surface area contributed by atoms with Crippen molar-refractivity contribution >= 4 is 39.1 Å². The molecule has 0 fully saturated rings. The minimum atomic E-state index is -4.60. The number of carbonyl (C=O) groups is 1. The van der Waals surface area contributed by atoms with Gasteiger partial charge in [0, 0.05) is 5.69 Å². The van der Waals surface area contributed by atoms with Gasteiger partial charge < -0.3 is 10.1 Å². The van der Waals surface area contributed by atoms with Crippen LogP contribution >= 0.6 is 27.5 Å². The van der Waals surface area contributed by atoms with Crippen LogP contribution in [0.25, 0.3) is 0 Å². The molecule has 0 unspecified atom stereocenters. The molecule has 0 aliphatic heterocycles. The second-order valence-corrected chi connectivity index (χ2v) is 7.14. The Morgan fingerprint density at radius 3 is 2.50 bits per heavy atom. The molecule has 0 spiro atoms. The summed E-state index contributed by atoms with van der Waals surface area (Å²) in [5.74, 6) is 0.230. The van der Waals surface area contributed by atoms with Crippen LogP contribution in [0.5, 0.6) is 5.75 Å². The largest absolute Gasteiger partial charge is 0.483 e. The highest BCUT2D eigenvalue weighted by molar-refractivity contribution is 9.10. The molecule has 2 aromatic rings. The molecule has 2 aromatic carbocycles. The molecule has 0 aliphatic carbocycles. The van der Waals surface area contributed by atoms with Gasteiger partial charge in [0.15, 0.2) is 6.61 Å². The molecule has 0 saturated carbocycles. The first kappa shape index (κ1) is 20.6. The van der Waals surface area contributed by atoms with Crippen LogP contribution in [0.4, 0.5) is 18.9 Å². The molecular weight excluding hydrogens is 435 g/mol. The van der Waals surface area contributed by atoms with Crippen molar-refractivity contribution < 1.29 is 22.7 Å². The van der Waals surface area contributed by atoms with E-state index < -0.39 is 22.7 Å². The lowest BCUT2D eigenvalue weighted by Crippen LogP contribution is -2.20. The summed E-state index contributed by atoms with van der Waals surface area (Å²) >= 11 is 8.92. The molecule has 0 saturated heterocycles. The summed E-state index contributed by atoms with van der Waals surface area (Å²) < 4.78 is 44.6. The van der Waals surface area contributed by atoms with Crippen molar-refractivity contribution in [3.05, 3.63) is 57.0 Å². The smallest absolute Gasteiger partial charge is 0.417 e. The van der Waals surface area contributed by atoms with Gasteiger partial charge in [0.1, 0.15) is 5.75 Å². The van der Waals surface area contributed by atoms with Crippen molar-refractivity contribution in [2.24, 2.45) is 0 Å². The van der Waals surface area contributed by atoms with Crippen molar-refractivity contribution in [2.45, 2.75) is 25.9 Å². The van der Waals surface area contributed by atoms with Gasteiger partial charge in [-0.1, -0.05) is 31.5 Å². The predicted molar refractivity (Wildman–Crippen MR) is 98.8 cm³/mol. The zero-order valence-electron chi connectivity index (χ0n) is 14.0. The maximum Gasteiger partial charge on any atom is 0.417 e. The van der Waals surface area contributed by atoms with Crippen LogP contribution in [0.2, 0.25) is 5.02 Å². The third-order valence-electron chi connectivity index (χ3n) is 3.54. The molecule has 3 nitrogen and oxygen atoms in total. The highest BCUT2D eigenvalue weighted by atomic mass is 79.9. The second-order valence-electron chi connectivity index (χ2n) is 5.87. The normalized spacial score (nSPS) is 11.5. The summed E-state index contributed by atoms with van der Waals surface area (Å²) in [4.78, 5) is 12.0. The van der Waals surface area contributed by atoms with Crippen LogP contribution in [0.15, 0.2) is 40.9 Å². The Morgan fingerprint density at radius 1 is 1.23 bits per heavy atom. The summed E-state index contributed by atoms with van der Waals surface area (Å²) in [5, 5.41) is 1.93. The van der Waals surface area contributed by atoms with E-state index in [2.05, 4.69) is 35.1 Å². The van der Waals surface area contributed by atoms with E-state index in [9.17, 15) is 18.0 Å². The fraction of sp³-hybridized carbons (Fsp3) is 0.278. The monoisotopic (exact) mass is 449 g/mol. The van der Waals surface area contributed by atoms with E-state index in [1.54, 1.807) is 6.07 Å². The number of ether oxygens (including phenoxy) is 1. The van der Waals surface area contributed by atoms with Gasteiger partial charge in [-0.05, 0) is 57.7 Å². The van der Waals surface area contributed by atoms with Crippen LogP contribution in [0.3, 0.4) is 0 Å². The van der Waals surface area contributed by atoms with Gasteiger partial charge in [0.2, 0.25) is 0 Å². The first-order valence-electron chi connectivity index (χ1n) is 7.66. The topological polar surface area (TPSA) is 38.3 Å². The first-order valence-corrected chi connectivity index (χ1v) is 8.84. The zero-order valence-corrected chi connectivity index (χ0v) is 16.3. The van der Waals surface area contributed by atoms with Gasteiger partial charge in [-0.15, -0.1) is 0 Å². The fourth-order valence-electron chi connectivity index (χ4n) is 2.15. The lowest BCUT2D eigenvalue weighted by Gasteiger charge is -2.13. The first-order chi connectivity index (χ1) is 12.1. The molecule has 1 N–H and O–H groups in total. The number of hydrogen-bond acceptors (Lipinski definition) is 2. The van der Waals surface area contributed by atoms with Crippen molar-refractivity contribution in [3.63, 3.8) is 0 Å². The lowest BCUT2D eigenvalue weighted by atomic mass is 10.0. The van der Waals surface area contributed by atoms with E-state index in [0.717, 1.165) is 17.7 Å². The third-order valence-corrected chi connectivity index (χ3v) is 4.49. The SMILES string of the molecule is CC(C)c1ccc(OCC(=O)Nc2ccc(Cl)c(C(F)(F)F)c2)c(Br)c1. The Hall–Kier alpha value is -1.73. The Labute approximate surface area is 162 Å². The van der Waals surface area contributed by atoms with Gasteiger partial charge in [-0.2, -0.15) is 13.2 Å². The molecule has 1 amide bonds. The molecule has 0 bridgehead atoms. The number of nitrogens with one attached hydrogen (secondary N) is 1. The maximum absolute atomic E-state index is 12.8. The maximum atomic E-state index is 12.8. The summed E-state index contributed by atoms with van der Waals surface area (Å²) in [6.07, 6.45) is -4.60. The van der Waals surface area contributed by atoms with E-state index in [1.807, 2.05) is 12.1 Å². The van der Waals surface area contributed by atoms with Gasteiger partial charge >= 0.3 is 6.18 Å². The van der Waals surface area contributed by atoms with Crippen LogP contribution in [-0.4, -0.2) is 12.5 Å². The van der Waals surface area contributed by atoms with E-state index in [4.69, 9.17) is 16.3 Å². The Morgan fingerprint density at radius 2 is 1.92 bits per heavy atom. The second kappa shape index (κ2) is 8.31. The molecule has 140 valence electrons. The summed E-state index contributed by atoms with van der Waals surface area (Å²) in [5.41, 5.74) is 0.0870. The molecule has 0 atom stereocenters. The van der Waals surface area contributed by atoms with Crippen LogP contribution in [0.1, 0.15) is 30.9 Å². The fourth-order valence-corrected chi connectivity index (χ4v) is 2.89. The molecule has 8 heteroatoms. The van der Waals surface area contributed by atoms with Crippen molar-refractivity contribution in [3.8, 4) is 5.75 Å². The van der Waals surface area contributed by atoms with Gasteiger partial charge in [0.05, 0.1) is 15.1 Å². The number of amides is 1. The molecular formula is C18H16BrClF3NO2. The highest BCUT2D eigenvalue weighted by Gasteiger charge is 2.33. The quantitative estimate of drug-likeness (QED) is 0.584. The zero-order chi connectivity index (χ0) is 19.5. The molecule has 0 aliphatic rings. The van der Waals surface area contributed by atoms with Gasteiger partial charge in [0.25, 0.3) is 5.91 Å². The summed E-state index contributed by atoms with van der Waals surface area (Å²) in [6.45, 7) is 3.76. The molecule has 0 aromatic heterocycles. The van der Waals surface area contributed by atoms with E-state index in [0.29, 0.717) is 16.1 Å².